The van der Waals surface area contributed by atoms with Crippen LogP contribution in [0.2, 0.25) is 10.0 Å². The van der Waals surface area contributed by atoms with Gasteiger partial charge in [0.25, 0.3) is 5.91 Å². The lowest BCUT2D eigenvalue weighted by atomic mass is 10.1. The number of halogens is 2. The van der Waals surface area contributed by atoms with E-state index in [0.717, 1.165) is 31.4 Å². The monoisotopic (exact) mass is 555 g/mol. The highest BCUT2D eigenvalue weighted by molar-refractivity contribution is 6.35. The Morgan fingerprint density at radius 1 is 1.13 bits per heavy atom. The Morgan fingerprint density at radius 2 is 1.92 bits per heavy atom. The molecule has 1 fully saturated rings. The number of imidazole rings is 1. The molecule has 1 aliphatic heterocycles. The number of hydrogen-bond donors (Lipinski definition) is 4. The summed E-state index contributed by atoms with van der Waals surface area (Å²) in [5.41, 5.74) is 2.46. The van der Waals surface area contributed by atoms with Crippen molar-refractivity contribution in [1.29, 1.82) is 0 Å². The molecule has 2 atom stereocenters. The van der Waals surface area contributed by atoms with E-state index in [-0.39, 0.29) is 18.2 Å². The molecule has 0 bridgehead atoms. The molecule has 2 unspecified atom stereocenters. The van der Waals surface area contributed by atoms with Gasteiger partial charge in [0.1, 0.15) is 24.2 Å². The Morgan fingerprint density at radius 3 is 2.68 bits per heavy atom. The molecule has 198 valence electrons. The van der Waals surface area contributed by atoms with Crippen molar-refractivity contribution in [3.8, 4) is 0 Å². The molecule has 2 aromatic heterocycles. The van der Waals surface area contributed by atoms with E-state index in [9.17, 15) is 14.7 Å². The number of likely N-dealkylation sites (tertiary alicyclic amines) is 1. The molecule has 2 aromatic carbocycles. The van der Waals surface area contributed by atoms with Crippen LogP contribution in [0.5, 0.6) is 0 Å². The highest BCUT2D eigenvalue weighted by Crippen LogP contribution is 2.31. The number of hydrogen-bond acceptors (Lipinski definition) is 7. The standard InChI is InChI=1S/C26H27Cl2N7O3/c1-14(36)31-23(37)7-6-20(25-32-19-5-4-15(27)10-22(19)34-25)33-24-17-11-18(28)16(12-21(17)29-13-30-24)26(38)35-8-2-3-9-35/h4-5,10-14,20,36H,2-3,6-9H2,1H3,(H,31,37)(H,32,34)(H,29,30,33). The second-order valence-electron chi connectivity index (χ2n) is 9.33. The number of benzene rings is 2. The van der Waals surface area contributed by atoms with Crippen molar-refractivity contribution in [1.82, 2.24) is 30.2 Å². The first-order valence-corrected chi connectivity index (χ1v) is 13.2. The number of anilines is 1. The number of aromatic amines is 1. The highest BCUT2D eigenvalue weighted by atomic mass is 35.5. The van der Waals surface area contributed by atoms with Gasteiger partial charge in [0.2, 0.25) is 5.91 Å². The van der Waals surface area contributed by atoms with E-state index < -0.39 is 12.3 Å². The van der Waals surface area contributed by atoms with Crippen LogP contribution in [0.4, 0.5) is 5.82 Å². The fourth-order valence-electron chi connectivity index (χ4n) is 4.63. The molecule has 38 heavy (non-hydrogen) atoms. The van der Waals surface area contributed by atoms with Gasteiger partial charge in [0.15, 0.2) is 0 Å². The minimum absolute atomic E-state index is 0.106. The second-order valence-corrected chi connectivity index (χ2v) is 10.2. The fraction of sp³-hybridized carbons (Fsp3) is 0.346. The van der Waals surface area contributed by atoms with E-state index in [1.165, 1.54) is 13.3 Å². The molecule has 12 heteroatoms. The normalized spacial score (nSPS) is 15.1. The average Bonchev–Trinajstić information content (AvgIpc) is 3.55. The molecule has 4 N–H and O–H groups in total. The molecule has 0 saturated carbocycles. The van der Waals surface area contributed by atoms with Gasteiger partial charge in [-0.15, -0.1) is 0 Å². The van der Waals surface area contributed by atoms with Crippen molar-refractivity contribution in [2.45, 2.75) is 44.9 Å². The Labute approximate surface area is 228 Å². The molecule has 1 saturated heterocycles. The summed E-state index contributed by atoms with van der Waals surface area (Å²) in [5.74, 6) is 0.666. The van der Waals surface area contributed by atoms with Gasteiger partial charge in [0, 0.05) is 29.9 Å². The minimum Gasteiger partial charge on any atom is -0.374 e. The number of aromatic nitrogens is 4. The molecule has 0 aliphatic carbocycles. The van der Waals surface area contributed by atoms with E-state index in [4.69, 9.17) is 23.2 Å². The zero-order chi connectivity index (χ0) is 26.8. The smallest absolute Gasteiger partial charge is 0.255 e. The Hall–Kier alpha value is -3.47. The van der Waals surface area contributed by atoms with Gasteiger partial charge < -0.3 is 25.6 Å². The number of aliphatic hydroxyl groups excluding tert-OH is 1. The first-order chi connectivity index (χ1) is 18.3. The van der Waals surface area contributed by atoms with Crippen LogP contribution in [0.25, 0.3) is 21.9 Å². The summed E-state index contributed by atoms with van der Waals surface area (Å²) < 4.78 is 0. The van der Waals surface area contributed by atoms with Crippen LogP contribution in [0.15, 0.2) is 36.7 Å². The van der Waals surface area contributed by atoms with E-state index >= 15 is 0 Å². The lowest BCUT2D eigenvalue weighted by Crippen LogP contribution is -2.32. The van der Waals surface area contributed by atoms with Crippen molar-refractivity contribution in [2.24, 2.45) is 0 Å². The van der Waals surface area contributed by atoms with Crippen LogP contribution >= 0.6 is 23.2 Å². The lowest BCUT2D eigenvalue weighted by molar-refractivity contribution is -0.123. The van der Waals surface area contributed by atoms with E-state index in [0.29, 0.717) is 50.1 Å². The molecule has 2 amide bonds. The zero-order valence-electron chi connectivity index (χ0n) is 20.7. The number of nitrogens with zero attached hydrogens (tertiary/aromatic N) is 4. The molecule has 4 aromatic rings. The maximum absolute atomic E-state index is 13.0. The molecular formula is C26H27Cl2N7O3. The van der Waals surface area contributed by atoms with Crippen LogP contribution in [0.3, 0.4) is 0 Å². The summed E-state index contributed by atoms with van der Waals surface area (Å²) in [4.78, 5) is 43.9. The minimum atomic E-state index is -0.951. The number of carbonyl (C=O) groups is 2. The molecule has 1 aliphatic rings. The van der Waals surface area contributed by atoms with E-state index in [1.807, 2.05) is 6.07 Å². The highest BCUT2D eigenvalue weighted by Gasteiger charge is 2.24. The van der Waals surface area contributed by atoms with Gasteiger partial charge in [-0.2, -0.15) is 0 Å². The van der Waals surface area contributed by atoms with Gasteiger partial charge in [-0.1, -0.05) is 23.2 Å². The summed E-state index contributed by atoms with van der Waals surface area (Å²) >= 11 is 12.7. The van der Waals surface area contributed by atoms with Crippen molar-refractivity contribution >= 4 is 62.8 Å². The largest absolute Gasteiger partial charge is 0.374 e. The van der Waals surface area contributed by atoms with Crippen molar-refractivity contribution in [3.05, 3.63) is 58.1 Å². The third-order valence-electron chi connectivity index (χ3n) is 6.48. The Bertz CT molecular complexity index is 1500. The third kappa shape index (κ3) is 5.67. The number of nitrogens with one attached hydrogen (secondary N) is 3. The zero-order valence-corrected chi connectivity index (χ0v) is 22.2. The van der Waals surface area contributed by atoms with Gasteiger partial charge in [-0.3, -0.25) is 9.59 Å². The van der Waals surface area contributed by atoms with Crippen molar-refractivity contribution in [3.63, 3.8) is 0 Å². The SMILES string of the molecule is CC(O)NC(=O)CCC(Nc1ncnc2cc(C(=O)N3CCCC3)c(Cl)cc12)c1nc2cc(Cl)ccc2[nH]1. The van der Waals surface area contributed by atoms with Crippen LogP contribution in [-0.2, 0) is 4.79 Å². The van der Waals surface area contributed by atoms with Crippen LogP contribution in [0, 0.1) is 0 Å². The topological polar surface area (TPSA) is 136 Å². The number of H-pyrrole nitrogens is 1. The molecule has 0 radical (unpaired) electrons. The summed E-state index contributed by atoms with van der Waals surface area (Å²) in [6.07, 6.45) is 2.90. The summed E-state index contributed by atoms with van der Waals surface area (Å²) in [6, 6.07) is 8.30. The summed E-state index contributed by atoms with van der Waals surface area (Å²) in [5, 5.41) is 16.9. The first kappa shape index (κ1) is 26.1. The summed E-state index contributed by atoms with van der Waals surface area (Å²) in [6.45, 7) is 2.92. The molecule has 10 nitrogen and oxygen atoms in total. The average molecular weight is 556 g/mol. The quantitative estimate of drug-likeness (QED) is 0.236. The predicted octanol–water partition coefficient (Wildman–Crippen LogP) is 4.44. The molecule has 5 rings (SSSR count). The molecular weight excluding hydrogens is 529 g/mol. The first-order valence-electron chi connectivity index (χ1n) is 12.4. The summed E-state index contributed by atoms with van der Waals surface area (Å²) in [7, 11) is 0. The van der Waals surface area contributed by atoms with Crippen molar-refractivity contribution < 1.29 is 14.7 Å². The van der Waals surface area contributed by atoms with Gasteiger partial charge >= 0.3 is 0 Å². The molecule has 0 spiro atoms. The molecule has 3 heterocycles. The number of rotatable bonds is 8. The lowest BCUT2D eigenvalue weighted by Gasteiger charge is -2.20. The number of amides is 2. The van der Waals surface area contributed by atoms with Gasteiger partial charge in [-0.25, -0.2) is 15.0 Å². The number of carbonyl (C=O) groups excluding carboxylic acids is 2. The fourth-order valence-corrected chi connectivity index (χ4v) is 5.04. The van der Waals surface area contributed by atoms with Gasteiger partial charge in [0.05, 0.1) is 33.2 Å². The Balaban J connectivity index is 1.47. The van der Waals surface area contributed by atoms with E-state index in [2.05, 4.69) is 30.6 Å². The van der Waals surface area contributed by atoms with E-state index in [1.54, 1.807) is 29.2 Å². The van der Waals surface area contributed by atoms with Gasteiger partial charge in [-0.05, 0) is 56.5 Å². The van der Waals surface area contributed by atoms with Crippen LogP contribution in [-0.4, -0.2) is 61.1 Å². The maximum atomic E-state index is 13.0. The predicted molar refractivity (Wildman–Crippen MR) is 146 cm³/mol. The maximum Gasteiger partial charge on any atom is 0.255 e. The van der Waals surface area contributed by atoms with Crippen molar-refractivity contribution in [2.75, 3.05) is 18.4 Å². The Kier molecular flexibility index (Phi) is 7.64. The number of fused-ring (bicyclic) bond motifs is 2. The van der Waals surface area contributed by atoms with Crippen LogP contribution in [0.1, 0.15) is 54.8 Å². The third-order valence-corrected chi connectivity index (χ3v) is 7.03. The van der Waals surface area contributed by atoms with Crippen LogP contribution < -0.4 is 10.6 Å². The second kappa shape index (κ2) is 11.1. The number of aliphatic hydroxyl groups is 1.